The molecule has 0 aliphatic rings. The molecule has 1 unspecified atom stereocenters. The van der Waals surface area contributed by atoms with Crippen molar-refractivity contribution in [3.8, 4) is 5.75 Å². The van der Waals surface area contributed by atoms with Gasteiger partial charge in [0.25, 0.3) is 0 Å². The molecule has 106 valence electrons. The van der Waals surface area contributed by atoms with Crippen LogP contribution in [0.15, 0.2) is 28.7 Å². The highest BCUT2D eigenvalue weighted by Gasteiger charge is 2.18. The summed E-state index contributed by atoms with van der Waals surface area (Å²) in [5.41, 5.74) is 0. The van der Waals surface area contributed by atoms with Crippen LogP contribution in [0, 0.1) is 0 Å². The molecule has 1 aromatic carbocycles. The Bertz CT molecular complexity index is 450. The van der Waals surface area contributed by atoms with Crippen molar-refractivity contribution < 1.29 is 18.6 Å². The molecule has 0 saturated carbocycles. The standard InChI is InChI=1S/C12H17BrNO4P/c1-8(2)17-12(15)9(3)14-19(16)18-11-6-4-10(13)5-7-11/h4-9,19H,1-3H3,(H,14,16)/t9-/m0/s1. The quantitative estimate of drug-likeness (QED) is 0.631. The minimum absolute atomic E-state index is 0.202. The van der Waals surface area contributed by atoms with Gasteiger partial charge in [-0.1, -0.05) is 15.9 Å². The van der Waals surface area contributed by atoms with E-state index < -0.39 is 20.2 Å². The first kappa shape index (κ1) is 16.2. The van der Waals surface area contributed by atoms with Gasteiger partial charge in [-0.05, 0) is 45.0 Å². The van der Waals surface area contributed by atoms with Crippen molar-refractivity contribution in [3.63, 3.8) is 0 Å². The summed E-state index contributed by atoms with van der Waals surface area (Å²) in [6, 6.07) is 6.25. The zero-order valence-electron chi connectivity index (χ0n) is 11.0. The van der Waals surface area contributed by atoms with Crippen LogP contribution in [0.3, 0.4) is 0 Å². The second kappa shape index (κ2) is 7.68. The highest BCUT2D eigenvalue weighted by atomic mass is 79.9. The smallest absolute Gasteiger partial charge is 0.323 e. The van der Waals surface area contributed by atoms with Crippen LogP contribution in [0.25, 0.3) is 0 Å². The Kier molecular flexibility index (Phi) is 6.55. The van der Waals surface area contributed by atoms with Gasteiger partial charge in [0.05, 0.1) is 6.10 Å². The second-order valence-electron chi connectivity index (χ2n) is 4.20. The highest BCUT2D eigenvalue weighted by molar-refractivity contribution is 9.10. The number of carbonyl (C=O) groups is 1. The summed E-state index contributed by atoms with van der Waals surface area (Å²) in [5, 5.41) is 2.59. The van der Waals surface area contributed by atoms with Crippen LogP contribution >= 0.6 is 24.1 Å². The molecule has 0 bridgehead atoms. The Morgan fingerprint density at radius 3 is 2.37 bits per heavy atom. The molecule has 5 nitrogen and oxygen atoms in total. The van der Waals surface area contributed by atoms with Crippen molar-refractivity contribution in [3.05, 3.63) is 28.7 Å². The number of hydrogen-bond donors (Lipinski definition) is 1. The fourth-order valence-corrected chi connectivity index (χ4v) is 2.35. The van der Waals surface area contributed by atoms with E-state index in [-0.39, 0.29) is 6.10 Å². The average molecular weight is 350 g/mol. The third kappa shape index (κ3) is 6.23. The summed E-state index contributed by atoms with van der Waals surface area (Å²) < 4.78 is 22.8. The number of benzene rings is 1. The predicted octanol–water partition coefficient (Wildman–Crippen LogP) is 3.15. The van der Waals surface area contributed by atoms with Crippen molar-refractivity contribution in [1.82, 2.24) is 5.09 Å². The highest BCUT2D eigenvalue weighted by Crippen LogP contribution is 2.25. The number of carbonyl (C=O) groups excluding carboxylic acids is 1. The van der Waals surface area contributed by atoms with Crippen molar-refractivity contribution in [2.45, 2.75) is 32.9 Å². The molecular weight excluding hydrogens is 333 g/mol. The molecule has 0 aliphatic heterocycles. The normalized spacial score (nSPS) is 13.9. The molecule has 0 aliphatic carbocycles. The fraction of sp³-hybridized carbons (Fsp3) is 0.417. The van der Waals surface area contributed by atoms with Crippen LogP contribution in [0.2, 0.25) is 0 Å². The fourth-order valence-electron chi connectivity index (χ4n) is 1.21. The van der Waals surface area contributed by atoms with E-state index in [1.807, 2.05) is 0 Å². The van der Waals surface area contributed by atoms with E-state index in [0.29, 0.717) is 5.75 Å². The van der Waals surface area contributed by atoms with Crippen molar-refractivity contribution in [2.75, 3.05) is 0 Å². The number of halogens is 1. The van der Waals surface area contributed by atoms with Gasteiger partial charge in [0.2, 0.25) is 0 Å². The van der Waals surface area contributed by atoms with Gasteiger partial charge < -0.3 is 9.26 Å². The molecule has 0 radical (unpaired) electrons. The average Bonchev–Trinajstić information content (AvgIpc) is 2.31. The van der Waals surface area contributed by atoms with Gasteiger partial charge in [-0.3, -0.25) is 9.36 Å². The molecular formula is C12H17BrNO4P. The third-order valence-electron chi connectivity index (χ3n) is 2.06. The van der Waals surface area contributed by atoms with Gasteiger partial charge in [-0.15, -0.1) is 0 Å². The summed E-state index contributed by atoms with van der Waals surface area (Å²) in [6.07, 6.45) is -0.202. The first-order valence-corrected chi connectivity index (χ1v) is 7.94. The van der Waals surface area contributed by atoms with Crippen molar-refractivity contribution in [2.24, 2.45) is 0 Å². The van der Waals surface area contributed by atoms with E-state index in [9.17, 15) is 9.36 Å². The second-order valence-corrected chi connectivity index (χ2v) is 6.18. The van der Waals surface area contributed by atoms with Gasteiger partial charge in [0.1, 0.15) is 11.8 Å². The lowest BCUT2D eigenvalue weighted by atomic mass is 10.3. The van der Waals surface area contributed by atoms with Gasteiger partial charge in [0, 0.05) is 4.47 Å². The zero-order valence-corrected chi connectivity index (χ0v) is 13.6. The molecule has 0 spiro atoms. The Hall–Kier alpha value is -0.840. The summed E-state index contributed by atoms with van der Waals surface area (Å²) in [6.45, 7) is 5.09. The van der Waals surface area contributed by atoms with Gasteiger partial charge in [0.15, 0.2) is 0 Å². The van der Waals surface area contributed by atoms with Crippen molar-refractivity contribution in [1.29, 1.82) is 0 Å². The van der Waals surface area contributed by atoms with E-state index in [4.69, 9.17) is 9.26 Å². The molecule has 0 saturated heterocycles. The molecule has 19 heavy (non-hydrogen) atoms. The maximum absolute atomic E-state index is 11.7. The Labute approximate surface area is 121 Å². The van der Waals surface area contributed by atoms with Gasteiger partial charge >= 0.3 is 14.1 Å². The van der Waals surface area contributed by atoms with Crippen LogP contribution in [0.5, 0.6) is 5.75 Å². The van der Waals surface area contributed by atoms with Crippen LogP contribution in [0.4, 0.5) is 0 Å². The van der Waals surface area contributed by atoms with Crippen LogP contribution in [-0.2, 0) is 14.1 Å². The lowest BCUT2D eigenvalue weighted by molar-refractivity contribution is -0.148. The predicted molar refractivity (Wildman–Crippen MR) is 77.6 cm³/mol. The molecule has 0 amide bonds. The first-order chi connectivity index (χ1) is 8.88. The largest absolute Gasteiger partial charge is 0.462 e. The maximum Gasteiger partial charge on any atom is 0.323 e. The van der Waals surface area contributed by atoms with Crippen LogP contribution in [-0.4, -0.2) is 18.1 Å². The summed E-state index contributed by atoms with van der Waals surface area (Å²) in [7, 11) is -2.55. The number of rotatable bonds is 6. The number of nitrogens with one attached hydrogen (secondary N) is 1. The molecule has 1 aromatic rings. The minimum atomic E-state index is -2.55. The lowest BCUT2D eigenvalue weighted by Gasteiger charge is -2.15. The lowest BCUT2D eigenvalue weighted by Crippen LogP contribution is -2.33. The van der Waals surface area contributed by atoms with E-state index in [1.54, 1.807) is 45.0 Å². The summed E-state index contributed by atoms with van der Waals surface area (Å²) in [5.74, 6) is 0.0248. The first-order valence-electron chi connectivity index (χ1n) is 5.83. The zero-order chi connectivity index (χ0) is 14.4. The van der Waals surface area contributed by atoms with Gasteiger partial charge in [-0.2, -0.15) is 0 Å². The van der Waals surface area contributed by atoms with E-state index in [1.165, 1.54) is 0 Å². The van der Waals surface area contributed by atoms with E-state index in [2.05, 4.69) is 21.0 Å². The maximum atomic E-state index is 11.7. The number of esters is 1. The number of hydrogen-bond acceptors (Lipinski definition) is 4. The Morgan fingerprint density at radius 2 is 1.84 bits per heavy atom. The Balaban J connectivity index is 2.46. The van der Waals surface area contributed by atoms with Crippen molar-refractivity contribution >= 4 is 30.1 Å². The Morgan fingerprint density at radius 1 is 1.26 bits per heavy atom. The molecule has 0 aromatic heterocycles. The molecule has 0 heterocycles. The third-order valence-corrected chi connectivity index (χ3v) is 3.68. The van der Waals surface area contributed by atoms with E-state index in [0.717, 1.165) is 4.47 Å². The monoisotopic (exact) mass is 349 g/mol. The molecule has 0 fully saturated rings. The van der Waals surface area contributed by atoms with E-state index >= 15 is 0 Å². The molecule has 1 rings (SSSR count). The molecule has 7 heteroatoms. The SMILES string of the molecule is CC(C)OC(=O)[C@H](C)N[PH](=O)Oc1ccc(Br)cc1. The topological polar surface area (TPSA) is 64.6 Å². The summed E-state index contributed by atoms with van der Waals surface area (Å²) >= 11 is 3.29. The molecule has 2 atom stereocenters. The summed E-state index contributed by atoms with van der Waals surface area (Å²) in [4.78, 5) is 11.5. The van der Waals surface area contributed by atoms with Crippen LogP contribution < -0.4 is 9.61 Å². The number of ether oxygens (including phenoxy) is 1. The minimum Gasteiger partial charge on any atom is -0.462 e. The van der Waals surface area contributed by atoms with Gasteiger partial charge in [-0.25, -0.2) is 5.09 Å². The van der Waals surface area contributed by atoms with Crippen LogP contribution in [0.1, 0.15) is 20.8 Å². The molecule has 1 N–H and O–H groups in total.